The molecule has 2 heteroatoms. The third-order valence-corrected chi connectivity index (χ3v) is 2.86. The van der Waals surface area contributed by atoms with Crippen molar-refractivity contribution in [3.05, 3.63) is 29.8 Å². The Morgan fingerprint density at radius 2 is 2.00 bits per heavy atom. The molecular weight excluding hydrogens is 176 g/mol. The first-order valence-corrected chi connectivity index (χ1v) is 4.87. The molecule has 74 valence electrons. The third kappa shape index (κ3) is 1.65. The van der Waals surface area contributed by atoms with E-state index in [1.807, 2.05) is 24.3 Å². The Balaban J connectivity index is 2.08. The molecular formula is C12H14O2. The first-order chi connectivity index (χ1) is 6.72. The second kappa shape index (κ2) is 3.45. The standard InChI is InChI=1S/C12H14O2/c1-8(13)11-7-12(11)9-3-5-10(14-2)6-4-9/h3-6,11-12H,7H2,1-2H3/t11-,12-/m0/s1. The van der Waals surface area contributed by atoms with E-state index in [1.54, 1.807) is 14.0 Å². The van der Waals surface area contributed by atoms with Gasteiger partial charge in [-0.2, -0.15) is 0 Å². The molecule has 1 saturated carbocycles. The number of hydrogen-bond donors (Lipinski definition) is 0. The number of ketones is 1. The molecule has 0 spiro atoms. The summed E-state index contributed by atoms with van der Waals surface area (Å²) in [6, 6.07) is 7.99. The maximum atomic E-state index is 11.1. The van der Waals surface area contributed by atoms with Crippen LogP contribution in [0.4, 0.5) is 0 Å². The van der Waals surface area contributed by atoms with Gasteiger partial charge in [0, 0.05) is 5.92 Å². The van der Waals surface area contributed by atoms with Crippen molar-refractivity contribution in [2.75, 3.05) is 7.11 Å². The minimum Gasteiger partial charge on any atom is -0.497 e. The monoisotopic (exact) mass is 190 g/mol. The molecule has 2 nitrogen and oxygen atoms in total. The van der Waals surface area contributed by atoms with Crippen molar-refractivity contribution >= 4 is 5.78 Å². The molecule has 0 aliphatic heterocycles. The van der Waals surface area contributed by atoms with E-state index in [-0.39, 0.29) is 5.92 Å². The fourth-order valence-corrected chi connectivity index (χ4v) is 1.86. The van der Waals surface area contributed by atoms with Gasteiger partial charge in [-0.15, -0.1) is 0 Å². The molecule has 2 rings (SSSR count). The summed E-state index contributed by atoms with van der Waals surface area (Å²) in [5, 5.41) is 0. The molecule has 0 unspecified atom stereocenters. The highest BCUT2D eigenvalue weighted by Crippen LogP contribution is 2.48. The molecule has 0 amide bonds. The average Bonchev–Trinajstić information content (AvgIpc) is 2.97. The van der Waals surface area contributed by atoms with Gasteiger partial charge in [-0.1, -0.05) is 12.1 Å². The summed E-state index contributed by atoms with van der Waals surface area (Å²) in [7, 11) is 1.66. The lowest BCUT2D eigenvalue weighted by atomic mass is 10.1. The molecule has 14 heavy (non-hydrogen) atoms. The third-order valence-electron chi connectivity index (χ3n) is 2.86. The Kier molecular flexibility index (Phi) is 2.28. The van der Waals surface area contributed by atoms with Crippen LogP contribution in [0.15, 0.2) is 24.3 Å². The smallest absolute Gasteiger partial charge is 0.133 e. The Morgan fingerprint density at radius 1 is 1.36 bits per heavy atom. The SMILES string of the molecule is COc1ccc([C@@H]2C[C@H]2C(C)=O)cc1. The molecule has 1 fully saturated rings. The second-order valence-electron chi connectivity index (χ2n) is 3.83. The van der Waals surface area contributed by atoms with Gasteiger partial charge in [0.15, 0.2) is 0 Å². The molecule has 0 aromatic heterocycles. The van der Waals surface area contributed by atoms with Gasteiger partial charge in [-0.25, -0.2) is 0 Å². The first kappa shape index (κ1) is 9.25. The summed E-state index contributed by atoms with van der Waals surface area (Å²) in [5.41, 5.74) is 1.26. The number of ether oxygens (including phenoxy) is 1. The van der Waals surface area contributed by atoms with E-state index < -0.39 is 0 Å². The summed E-state index contributed by atoms with van der Waals surface area (Å²) in [5.74, 6) is 1.90. The lowest BCUT2D eigenvalue weighted by Gasteiger charge is -2.01. The molecule has 0 N–H and O–H groups in total. The molecule has 0 radical (unpaired) electrons. The molecule has 0 bridgehead atoms. The zero-order valence-electron chi connectivity index (χ0n) is 8.49. The van der Waals surface area contributed by atoms with Gasteiger partial charge in [0.05, 0.1) is 7.11 Å². The lowest BCUT2D eigenvalue weighted by Crippen LogP contribution is -1.94. The highest BCUT2D eigenvalue weighted by atomic mass is 16.5. The van der Waals surface area contributed by atoms with E-state index in [2.05, 4.69) is 0 Å². The Bertz CT molecular complexity index is 340. The minimum absolute atomic E-state index is 0.267. The van der Waals surface area contributed by atoms with Gasteiger partial charge in [0.2, 0.25) is 0 Å². The largest absolute Gasteiger partial charge is 0.497 e. The molecule has 1 aliphatic carbocycles. The number of hydrogen-bond acceptors (Lipinski definition) is 2. The van der Waals surface area contributed by atoms with Crippen LogP contribution >= 0.6 is 0 Å². The van der Waals surface area contributed by atoms with Crippen LogP contribution in [-0.2, 0) is 4.79 Å². The highest BCUT2D eigenvalue weighted by Gasteiger charge is 2.41. The van der Waals surface area contributed by atoms with Crippen LogP contribution in [0.1, 0.15) is 24.8 Å². The average molecular weight is 190 g/mol. The Hall–Kier alpha value is -1.31. The number of benzene rings is 1. The number of rotatable bonds is 3. The summed E-state index contributed by atoms with van der Waals surface area (Å²) in [6.45, 7) is 1.67. The normalized spacial score (nSPS) is 24.4. The van der Waals surface area contributed by atoms with Gasteiger partial charge in [0.1, 0.15) is 11.5 Å². The van der Waals surface area contributed by atoms with Gasteiger partial charge in [-0.05, 0) is 37.0 Å². The predicted octanol–water partition coefficient (Wildman–Crippen LogP) is 2.39. The van der Waals surface area contributed by atoms with Gasteiger partial charge in [0.25, 0.3) is 0 Å². The molecule has 1 aromatic carbocycles. The quantitative estimate of drug-likeness (QED) is 0.731. The van der Waals surface area contributed by atoms with Crippen LogP contribution in [0.25, 0.3) is 0 Å². The Morgan fingerprint density at radius 3 is 2.43 bits per heavy atom. The van der Waals surface area contributed by atoms with Crippen LogP contribution in [0, 0.1) is 5.92 Å². The van der Waals surface area contributed by atoms with Crippen molar-refractivity contribution < 1.29 is 9.53 Å². The van der Waals surface area contributed by atoms with Crippen molar-refractivity contribution in [3.63, 3.8) is 0 Å². The van der Waals surface area contributed by atoms with Crippen molar-refractivity contribution in [3.8, 4) is 5.75 Å². The molecule has 2 atom stereocenters. The summed E-state index contributed by atoms with van der Waals surface area (Å²) >= 11 is 0. The summed E-state index contributed by atoms with van der Waals surface area (Å²) in [6.07, 6.45) is 1.02. The van der Waals surface area contributed by atoms with Gasteiger partial charge in [-0.3, -0.25) is 4.79 Å². The first-order valence-electron chi connectivity index (χ1n) is 4.87. The Labute approximate surface area is 83.9 Å². The topological polar surface area (TPSA) is 26.3 Å². The van der Waals surface area contributed by atoms with Crippen LogP contribution in [0.3, 0.4) is 0 Å². The number of carbonyl (C=O) groups is 1. The van der Waals surface area contributed by atoms with E-state index in [9.17, 15) is 4.79 Å². The minimum atomic E-state index is 0.267. The summed E-state index contributed by atoms with van der Waals surface area (Å²) < 4.78 is 5.08. The van der Waals surface area contributed by atoms with Crippen molar-refractivity contribution in [1.29, 1.82) is 0 Å². The van der Waals surface area contributed by atoms with E-state index in [0.717, 1.165) is 12.2 Å². The fraction of sp³-hybridized carbons (Fsp3) is 0.417. The van der Waals surface area contributed by atoms with Crippen molar-refractivity contribution in [2.24, 2.45) is 5.92 Å². The van der Waals surface area contributed by atoms with Crippen LogP contribution in [0.5, 0.6) is 5.75 Å². The zero-order chi connectivity index (χ0) is 10.1. The fourth-order valence-electron chi connectivity index (χ4n) is 1.86. The number of methoxy groups -OCH3 is 1. The molecule has 1 aromatic rings. The second-order valence-corrected chi connectivity index (χ2v) is 3.83. The number of Topliss-reactive ketones (excluding diaryl/α,β-unsaturated/α-hetero) is 1. The van der Waals surface area contributed by atoms with Crippen molar-refractivity contribution in [1.82, 2.24) is 0 Å². The maximum Gasteiger partial charge on any atom is 0.133 e. The number of carbonyl (C=O) groups excluding carboxylic acids is 1. The highest BCUT2D eigenvalue weighted by molar-refractivity contribution is 5.82. The van der Waals surface area contributed by atoms with E-state index in [0.29, 0.717) is 11.7 Å². The predicted molar refractivity (Wildman–Crippen MR) is 54.5 cm³/mol. The van der Waals surface area contributed by atoms with Crippen LogP contribution in [0.2, 0.25) is 0 Å². The maximum absolute atomic E-state index is 11.1. The molecule has 0 saturated heterocycles. The summed E-state index contributed by atoms with van der Waals surface area (Å²) in [4.78, 5) is 11.1. The lowest BCUT2D eigenvalue weighted by molar-refractivity contribution is -0.118. The zero-order valence-corrected chi connectivity index (χ0v) is 8.49. The van der Waals surface area contributed by atoms with Crippen LogP contribution < -0.4 is 4.74 Å². The molecule has 1 aliphatic rings. The molecule has 0 heterocycles. The van der Waals surface area contributed by atoms with E-state index >= 15 is 0 Å². The van der Waals surface area contributed by atoms with E-state index in [1.165, 1.54) is 5.56 Å². The van der Waals surface area contributed by atoms with Gasteiger partial charge >= 0.3 is 0 Å². The van der Waals surface area contributed by atoms with E-state index in [4.69, 9.17) is 4.74 Å². The van der Waals surface area contributed by atoms with Gasteiger partial charge < -0.3 is 4.74 Å². The van der Waals surface area contributed by atoms with Crippen molar-refractivity contribution in [2.45, 2.75) is 19.3 Å². The van der Waals surface area contributed by atoms with Crippen LogP contribution in [-0.4, -0.2) is 12.9 Å².